The first kappa shape index (κ1) is 31.7. The summed E-state index contributed by atoms with van der Waals surface area (Å²) >= 11 is 0. The van der Waals surface area contributed by atoms with Gasteiger partial charge in [0.15, 0.2) is 5.82 Å². The molecule has 2 aliphatic rings. The van der Waals surface area contributed by atoms with Crippen LogP contribution in [0.5, 0.6) is 5.75 Å². The van der Waals surface area contributed by atoms with Gasteiger partial charge >= 0.3 is 0 Å². The number of nitrogens with zero attached hydrogens (tertiary/aromatic N) is 6. The van der Waals surface area contributed by atoms with Gasteiger partial charge in [-0.25, -0.2) is 4.98 Å². The van der Waals surface area contributed by atoms with Crippen LogP contribution < -0.4 is 31.0 Å². The number of amides is 1. The van der Waals surface area contributed by atoms with Gasteiger partial charge in [-0.05, 0) is 31.4 Å². The number of ether oxygens (including phenoxy) is 2. The van der Waals surface area contributed by atoms with Gasteiger partial charge in [-0.2, -0.15) is 10.1 Å². The number of hydrazone groups is 1. The van der Waals surface area contributed by atoms with Gasteiger partial charge in [-0.3, -0.25) is 9.79 Å². The molecule has 43 heavy (non-hydrogen) atoms. The largest absolute Gasteiger partial charge is 0.495 e. The number of nitrogens with two attached hydrogens (primary N) is 1. The van der Waals surface area contributed by atoms with Crippen LogP contribution in [-0.4, -0.2) is 86.9 Å². The number of carbonyl (C=O) groups excluding carboxylic acids is 1. The molecule has 2 heterocycles. The fourth-order valence-electron chi connectivity index (χ4n) is 5.50. The minimum Gasteiger partial charge on any atom is -0.495 e. The van der Waals surface area contributed by atoms with Crippen molar-refractivity contribution < 1.29 is 14.3 Å². The highest BCUT2D eigenvalue weighted by molar-refractivity contribution is 6.38. The Morgan fingerprint density at radius 3 is 2.81 bits per heavy atom. The van der Waals surface area contributed by atoms with Crippen LogP contribution in [0.3, 0.4) is 0 Å². The molecule has 1 fully saturated rings. The first-order valence-corrected chi connectivity index (χ1v) is 14.9. The Bertz CT molecular complexity index is 1330. The number of likely N-dealkylation sites (N-methyl/N-ethyl adjacent to an activating group) is 1. The minimum atomic E-state index is -0.236. The molecule has 1 aromatic carbocycles. The van der Waals surface area contributed by atoms with Crippen molar-refractivity contribution in [1.29, 1.82) is 0 Å². The molecule has 0 unspecified atom stereocenters. The van der Waals surface area contributed by atoms with Crippen molar-refractivity contribution in [2.24, 2.45) is 15.9 Å². The summed E-state index contributed by atoms with van der Waals surface area (Å²) in [4.78, 5) is 30.9. The van der Waals surface area contributed by atoms with Crippen LogP contribution in [0.25, 0.3) is 0 Å². The lowest BCUT2D eigenvalue weighted by atomic mass is 10.0. The zero-order valence-electron chi connectivity index (χ0n) is 25.4. The monoisotopic (exact) mass is 589 g/mol. The van der Waals surface area contributed by atoms with Gasteiger partial charge in [0.25, 0.3) is 0 Å². The number of fused-ring (bicyclic) bond motifs is 1. The van der Waals surface area contributed by atoms with Crippen LogP contribution in [-0.2, 0) is 9.53 Å². The molecule has 1 aromatic heterocycles. The van der Waals surface area contributed by atoms with Gasteiger partial charge in [0.1, 0.15) is 23.2 Å². The molecule has 0 spiro atoms. The Hall–Kier alpha value is -4.21. The van der Waals surface area contributed by atoms with E-state index in [1.165, 1.54) is 0 Å². The molecule has 12 nitrogen and oxygen atoms in total. The van der Waals surface area contributed by atoms with Crippen molar-refractivity contribution in [3.63, 3.8) is 0 Å². The Kier molecular flexibility index (Phi) is 11.7. The average Bonchev–Trinajstić information content (AvgIpc) is 3.56. The molecule has 230 valence electrons. The molecule has 0 bridgehead atoms. The van der Waals surface area contributed by atoms with Crippen molar-refractivity contribution in [1.82, 2.24) is 15.3 Å². The predicted molar refractivity (Wildman–Crippen MR) is 172 cm³/mol. The number of carbonyl (C=O) groups is 1. The van der Waals surface area contributed by atoms with Crippen molar-refractivity contribution in [2.75, 3.05) is 62.1 Å². The van der Waals surface area contributed by atoms with E-state index in [1.807, 2.05) is 18.2 Å². The summed E-state index contributed by atoms with van der Waals surface area (Å²) < 4.78 is 11.3. The van der Waals surface area contributed by atoms with E-state index in [1.54, 1.807) is 31.5 Å². The van der Waals surface area contributed by atoms with E-state index in [0.717, 1.165) is 55.8 Å². The lowest BCUT2D eigenvalue weighted by Crippen LogP contribution is -2.55. The second-order valence-electron chi connectivity index (χ2n) is 10.5. The van der Waals surface area contributed by atoms with Crippen molar-refractivity contribution in [2.45, 2.75) is 57.5 Å². The maximum absolute atomic E-state index is 13.2. The fraction of sp³-hybridized carbons (Fsp3) is 0.516. The van der Waals surface area contributed by atoms with Gasteiger partial charge in [-0.1, -0.05) is 25.8 Å². The van der Waals surface area contributed by atoms with Crippen LogP contribution in [0.15, 0.2) is 34.5 Å². The number of hydrogen-bond acceptors (Lipinski definition) is 11. The van der Waals surface area contributed by atoms with E-state index in [4.69, 9.17) is 26.7 Å². The summed E-state index contributed by atoms with van der Waals surface area (Å²) in [5.74, 6) is 10.1. The summed E-state index contributed by atoms with van der Waals surface area (Å²) in [7, 11) is 3.39. The smallest absolute Gasteiger partial charge is 0.249 e. The molecule has 1 aliphatic carbocycles. The van der Waals surface area contributed by atoms with Crippen LogP contribution in [0, 0.1) is 12.3 Å². The van der Waals surface area contributed by atoms with E-state index in [2.05, 4.69) is 43.5 Å². The zero-order chi connectivity index (χ0) is 30.6. The number of aliphatic imine (C=N–C) groups is 1. The molecule has 4 N–H and O–H groups in total. The Morgan fingerprint density at radius 2 is 2.09 bits per heavy atom. The Balaban J connectivity index is 1.44. The maximum atomic E-state index is 13.2. The first-order chi connectivity index (χ1) is 21.0. The molecule has 1 aliphatic heterocycles. The van der Waals surface area contributed by atoms with E-state index < -0.39 is 0 Å². The van der Waals surface area contributed by atoms with Crippen LogP contribution in [0.4, 0.5) is 23.1 Å². The highest BCUT2D eigenvalue weighted by Gasteiger charge is 2.41. The fourth-order valence-corrected chi connectivity index (χ4v) is 5.50. The van der Waals surface area contributed by atoms with Crippen LogP contribution in [0.1, 0.15) is 51.0 Å². The third kappa shape index (κ3) is 7.80. The highest BCUT2D eigenvalue weighted by Crippen LogP contribution is 2.40. The van der Waals surface area contributed by atoms with Gasteiger partial charge in [0.2, 0.25) is 11.9 Å². The number of methoxy groups -OCH3 is 1. The normalized spacial score (nSPS) is 17.4. The predicted octanol–water partition coefficient (Wildman–Crippen LogP) is 3.10. The average molecular weight is 590 g/mol. The number of terminal acetylenes is 1. The topological polar surface area (TPSA) is 143 Å². The second kappa shape index (κ2) is 15.9. The van der Waals surface area contributed by atoms with E-state index in [0.29, 0.717) is 61.7 Å². The summed E-state index contributed by atoms with van der Waals surface area (Å²) in [6.07, 6.45) is 14.4. The van der Waals surface area contributed by atoms with Crippen molar-refractivity contribution in [3.05, 3.63) is 30.0 Å². The maximum Gasteiger partial charge on any atom is 0.249 e. The molecule has 2 aromatic rings. The first-order valence-electron chi connectivity index (χ1n) is 14.9. The van der Waals surface area contributed by atoms with Crippen LogP contribution >= 0.6 is 0 Å². The van der Waals surface area contributed by atoms with Crippen molar-refractivity contribution in [3.8, 4) is 18.1 Å². The summed E-state index contributed by atoms with van der Waals surface area (Å²) in [5.41, 5.74) is 2.66. The van der Waals surface area contributed by atoms with Gasteiger partial charge < -0.3 is 35.7 Å². The molecule has 0 radical (unpaired) electrons. The lowest BCUT2D eigenvalue weighted by molar-refractivity contribution is -0.120. The van der Waals surface area contributed by atoms with Crippen LogP contribution in [0.2, 0.25) is 0 Å². The highest BCUT2D eigenvalue weighted by atomic mass is 16.5. The van der Waals surface area contributed by atoms with E-state index in [9.17, 15) is 4.79 Å². The lowest BCUT2D eigenvalue weighted by Gasteiger charge is -2.43. The number of hydrogen-bond donors (Lipinski definition) is 3. The standard InChI is InChI=1S/C31H43N9O3/c1-5-7-14-33-15-17-43-18-16-34-20-25(38-32)22-12-13-24(28(19-22)42-4)36-31-35-21-27-29(37-31)40(23-10-8-9-11-23)26(6-2)30(41)39(27)3/h1,12-13,19-21,23,26,33H,6-11,14-18,32H2,2-4H3,(H,35,36,37)/t26-/m1/s1. The third-order valence-electron chi connectivity index (χ3n) is 7.74. The molecular formula is C31H43N9O3. The molecule has 12 heteroatoms. The number of benzene rings is 1. The van der Waals surface area contributed by atoms with Gasteiger partial charge in [0.05, 0.1) is 38.8 Å². The quantitative estimate of drug-likeness (QED) is 0.0939. The van der Waals surface area contributed by atoms with Gasteiger partial charge in [-0.15, -0.1) is 12.3 Å². The SMILES string of the molecule is C#CCCNCCOCCN=CC(=NN)c1ccc(Nc2ncc3c(n2)N(C2CCCC2)[C@H](CC)C(=O)N3C)c(OC)c1. The third-order valence-corrected chi connectivity index (χ3v) is 7.74. The summed E-state index contributed by atoms with van der Waals surface area (Å²) in [6.45, 7) is 5.13. The molecule has 4 rings (SSSR count). The van der Waals surface area contributed by atoms with Gasteiger partial charge in [0, 0.05) is 44.4 Å². The Labute approximate surface area is 254 Å². The second-order valence-corrected chi connectivity index (χ2v) is 10.5. The Morgan fingerprint density at radius 1 is 1.28 bits per heavy atom. The van der Waals surface area contributed by atoms with E-state index in [-0.39, 0.29) is 11.9 Å². The molecule has 1 atom stereocenters. The number of rotatable bonds is 15. The summed E-state index contributed by atoms with van der Waals surface area (Å²) in [6, 6.07) is 5.64. The minimum absolute atomic E-state index is 0.0845. The molecule has 1 amide bonds. The number of nitrogens with one attached hydrogen (secondary N) is 2. The zero-order valence-corrected chi connectivity index (χ0v) is 25.4. The summed E-state index contributed by atoms with van der Waals surface area (Å²) in [5, 5.41) is 10.4. The van der Waals surface area contributed by atoms with E-state index >= 15 is 0 Å². The van der Waals surface area contributed by atoms with Crippen molar-refractivity contribution >= 4 is 41.0 Å². The molecule has 1 saturated carbocycles. The number of aromatic nitrogens is 2. The number of anilines is 4. The molecule has 0 saturated heterocycles. The molecular weight excluding hydrogens is 546 g/mol.